The first kappa shape index (κ1) is 8.11. The Kier molecular flexibility index (Phi) is 1.56. The summed E-state index contributed by atoms with van der Waals surface area (Å²) in [6.07, 6.45) is 1.73. The van der Waals surface area contributed by atoms with Crippen LogP contribution in [0.5, 0.6) is 0 Å². The fourth-order valence-electron chi connectivity index (χ4n) is 1.70. The second-order valence-corrected chi connectivity index (χ2v) is 3.50. The summed E-state index contributed by atoms with van der Waals surface area (Å²) in [5, 5.41) is 7.94. The highest BCUT2D eigenvalue weighted by molar-refractivity contribution is 5.87. The molecule has 0 fully saturated rings. The van der Waals surface area contributed by atoms with Crippen LogP contribution in [0.2, 0.25) is 0 Å². The first-order valence-electron chi connectivity index (χ1n) is 4.71. The van der Waals surface area contributed by atoms with Crippen LogP contribution >= 0.6 is 0 Å². The molecular weight excluding hydrogens is 188 g/mol. The van der Waals surface area contributed by atoms with Crippen LogP contribution < -0.4 is 5.73 Å². The van der Waals surface area contributed by atoms with Crippen LogP contribution in [0.15, 0.2) is 36.5 Å². The van der Waals surface area contributed by atoms with Crippen molar-refractivity contribution in [2.75, 3.05) is 5.73 Å². The Morgan fingerprint density at radius 3 is 2.80 bits per heavy atom. The summed E-state index contributed by atoms with van der Waals surface area (Å²) < 4.78 is 0. The van der Waals surface area contributed by atoms with Gasteiger partial charge in [-0.1, -0.05) is 0 Å². The summed E-state index contributed by atoms with van der Waals surface area (Å²) in [6.45, 7) is 0. The van der Waals surface area contributed by atoms with Crippen molar-refractivity contribution in [1.82, 2.24) is 15.2 Å². The van der Waals surface area contributed by atoms with Crippen LogP contribution in [-0.4, -0.2) is 15.2 Å². The molecule has 3 aromatic rings. The molecule has 74 valence electrons. The number of fused-ring (bicyclic) bond motifs is 1. The molecule has 2 aromatic heterocycles. The number of hydrogen-bond acceptors (Lipinski definition) is 2. The minimum Gasteiger partial charge on any atom is -0.399 e. The molecule has 2 heterocycles. The zero-order chi connectivity index (χ0) is 10.3. The van der Waals surface area contributed by atoms with Crippen LogP contribution in [0, 0.1) is 0 Å². The number of benzene rings is 1. The number of hydrogen-bond donors (Lipinski definition) is 3. The van der Waals surface area contributed by atoms with E-state index in [1.807, 2.05) is 24.3 Å². The fourth-order valence-corrected chi connectivity index (χ4v) is 1.70. The third-order valence-corrected chi connectivity index (χ3v) is 2.44. The lowest BCUT2D eigenvalue weighted by molar-refractivity contribution is 1.09. The molecule has 0 atom stereocenters. The second-order valence-electron chi connectivity index (χ2n) is 3.50. The number of aromatic amines is 2. The molecule has 0 unspecified atom stereocenters. The lowest BCUT2D eigenvalue weighted by atomic mass is 10.2. The molecular formula is C11H10N4. The molecule has 0 saturated carbocycles. The standard InChI is InChI=1S/C11H10N4/c12-8-1-2-9-7(5-8)6-11(14-9)10-3-4-13-15-10/h1-6,14H,12H2,(H,13,15). The normalized spacial score (nSPS) is 10.9. The Morgan fingerprint density at radius 2 is 2.00 bits per heavy atom. The van der Waals surface area contributed by atoms with Crippen molar-refractivity contribution in [2.24, 2.45) is 0 Å². The number of nitrogens with zero attached hydrogens (tertiary/aromatic N) is 1. The smallest absolute Gasteiger partial charge is 0.0812 e. The minimum absolute atomic E-state index is 0.776. The maximum Gasteiger partial charge on any atom is 0.0812 e. The van der Waals surface area contributed by atoms with Gasteiger partial charge in [0.1, 0.15) is 0 Å². The summed E-state index contributed by atoms with van der Waals surface area (Å²) in [5.74, 6) is 0. The Hall–Kier alpha value is -2.23. The summed E-state index contributed by atoms with van der Waals surface area (Å²) in [7, 11) is 0. The maximum absolute atomic E-state index is 5.72. The maximum atomic E-state index is 5.72. The highest BCUT2D eigenvalue weighted by Gasteiger charge is 2.03. The number of nitrogens with one attached hydrogen (secondary N) is 2. The van der Waals surface area contributed by atoms with Gasteiger partial charge >= 0.3 is 0 Å². The Balaban J connectivity index is 2.22. The van der Waals surface area contributed by atoms with E-state index in [2.05, 4.69) is 21.2 Å². The van der Waals surface area contributed by atoms with Gasteiger partial charge in [0, 0.05) is 22.8 Å². The molecule has 15 heavy (non-hydrogen) atoms. The Morgan fingerprint density at radius 1 is 1.07 bits per heavy atom. The summed E-state index contributed by atoms with van der Waals surface area (Å²) >= 11 is 0. The largest absolute Gasteiger partial charge is 0.399 e. The lowest BCUT2D eigenvalue weighted by Gasteiger charge is -1.91. The van der Waals surface area contributed by atoms with E-state index >= 15 is 0 Å². The molecule has 0 saturated heterocycles. The number of aromatic nitrogens is 3. The van der Waals surface area contributed by atoms with E-state index in [4.69, 9.17) is 5.73 Å². The Labute approximate surface area is 86.1 Å². The number of anilines is 1. The molecule has 0 spiro atoms. The van der Waals surface area contributed by atoms with Gasteiger partial charge in [-0.3, -0.25) is 5.10 Å². The lowest BCUT2D eigenvalue weighted by Crippen LogP contribution is -1.81. The van der Waals surface area contributed by atoms with E-state index in [1.54, 1.807) is 6.20 Å². The number of H-pyrrole nitrogens is 2. The summed E-state index contributed by atoms with van der Waals surface area (Å²) in [5.41, 5.74) is 9.57. The third-order valence-electron chi connectivity index (χ3n) is 2.44. The van der Waals surface area contributed by atoms with Gasteiger partial charge < -0.3 is 10.7 Å². The van der Waals surface area contributed by atoms with Gasteiger partial charge in [-0.25, -0.2) is 0 Å². The number of rotatable bonds is 1. The molecule has 0 radical (unpaired) electrons. The molecule has 0 bridgehead atoms. The van der Waals surface area contributed by atoms with Crippen molar-refractivity contribution in [3.8, 4) is 11.4 Å². The van der Waals surface area contributed by atoms with Gasteiger partial charge in [-0.05, 0) is 30.3 Å². The summed E-state index contributed by atoms with van der Waals surface area (Å²) in [4.78, 5) is 3.30. The van der Waals surface area contributed by atoms with Crippen molar-refractivity contribution in [2.45, 2.75) is 0 Å². The highest BCUT2D eigenvalue weighted by Crippen LogP contribution is 2.23. The van der Waals surface area contributed by atoms with Crippen LogP contribution in [0.25, 0.3) is 22.3 Å². The third kappa shape index (κ3) is 1.27. The van der Waals surface area contributed by atoms with Gasteiger partial charge in [0.05, 0.1) is 11.4 Å². The van der Waals surface area contributed by atoms with Crippen molar-refractivity contribution in [3.63, 3.8) is 0 Å². The molecule has 4 nitrogen and oxygen atoms in total. The Bertz CT molecular complexity index is 592. The number of nitrogens with two attached hydrogens (primary N) is 1. The van der Waals surface area contributed by atoms with Crippen molar-refractivity contribution in [3.05, 3.63) is 36.5 Å². The predicted octanol–water partition coefficient (Wildman–Crippen LogP) is 2.14. The minimum atomic E-state index is 0.776. The molecule has 4 N–H and O–H groups in total. The van der Waals surface area contributed by atoms with Gasteiger partial charge in [-0.2, -0.15) is 5.10 Å². The monoisotopic (exact) mass is 198 g/mol. The van der Waals surface area contributed by atoms with E-state index in [-0.39, 0.29) is 0 Å². The molecule has 0 amide bonds. The van der Waals surface area contributed by atoms with Crippen molar-refractivity contribution < 1.29 is 0 Å². The first-order valence-corrected chi connectivity index (χ1v) is 4.71. The average molecular weight is 198 g/mol. The molecule has 3 rings (SSSR count). The number of nitrogen functional groups attached to an aromatic ring is 1. The van der Waals surface area contributed by atoms with Gasteiger partial charge in [0.25, 0.3) is 0 Å². The molecule has 4 heteroatoms. The highest BCUT2D eigenvalue weighted by atomic mass is 15.1. The van der Waals surface area contributed by atoms with Crippen LogP contribution in [0.3, 0.4) is 0 Å². The van der Waals surface area contributed by atoms with Gasteiger partial charge in [0.15, 0.2) is 0 Å². The first-order chi connectivity index (χ1) is 7.33. The van der Waals surface area contributed by atoms with Crippen LogP contribution in [0.4, 0.5) is 5.69 Å². The van der Waals surface area contributed by atoms with E-state index in [0.29, 0.717) is 0 Å². The van der Waals surface area contributed by atoms with Crippen molar-refractivity contribution in [1.29, 1.82) is 0 Å². The van der Waals surface area contributed by atoms with Gasteiger partial charge in [-0.15, -0.1) is 0 Å². The zero-order valence-corrected chi connectivity index (χ0v) is 7.99. The van der Waals surface area contributed by atoms with E-state index in [9.17, 15) is 0 Å². The molecule has 1 aromatic carbocycles. The molecule has 0 aliphatic heterocycles. The molecule has 0 aliphatic rings. The van der Waals surface area contributed by atoms with E-state index in [0.717, 1.165) is 28.0 Å². The predicted molar refractivity (Wildman–Crippen MR) is 60.3 cm³/mol. The quantitative estimate of drug-likeness (QED) is 0.524. The SMILES string of the molecule is Nc1ccc2[nH]c(-c3ccn[nH]3)cc2c1. The topological polar surface area (TPSA) is 70.5 Å². The van der Waals surface area contributed by atoms with Crippen molar-refractivity contribution >= 4 is 16.6 Å². The van der Waals surface area contributed by atoms with Gasteiger partial charge in [0.2, 0.25) is 0 Å². The zero-order valence-electron chi connectivity index (χ0n) is 7.99. The molecule has 0 aliphatic carbocycles. The van der Waals surface area contributed by atoms with E-state index in [1.165, 1.54) is 0 Å². The summed E-state index contributed by atoms with van der Waals surface area (Å²) in [6, 6.07) is 9.79. The second kappa shape index (κ2) is 2.88. The van der Waals surface area contributed by atoms with Crippen LogP contribution in [-0.2, 0) is 0 Å². The van der Waals surface area contributed by atoms with E-state index < -0.39 is 0 Å². The van der Waals surface area contributed by atoms with Crippen LogP contribution in [0.1, 0.15) is 0 Å². The fraction of sp³-hybridized carbons (Fsp3) is 0. The average Bonchev–Trinajstić information content (AvgIpc) is 2.84.